The van der Waals surface area contributed by atoms with E-state index in [0.29, 0.717) is 30.8 Å². The molecule has 246 valence electrons. The Morgan fingerprint density at radius 2 is 1.84 bits per heavy atom. The van der Waals surface area contributed by atoms with Crippen molar-refractivity contribution in [2.75, 3.05) is 60.5 Å². The van der Waals surface area contributed by atoms with E-state index in [-0.39, 0.29) is 35.9 Å². The molecule has 4 aliphatic carbocycles. The Hall–Kier alpha value is -1.69. The van der Waals surface area contributed by atoms with Crippen LogP contribution >= 0.6 is 0 Å². The van der Waals surface area contributed by atoms with E-state index >= 15 is 0 Å². The van der Waals surface area contributed by atoms with Gasteiger partial charge in [-0.15, -0.1) is 13.2 Å². The van der Waals surface area contributed by atoms with Crippen molar-refractivity contribution in [3.8, 4) is 0 Å². The van der Waals surface area contributed by atoms with Gasteiger partial charge in [0.2, 0.25) is 0 Å². The Morgan fingerprint density at radius 3 is 2.53 bits per heavy atom. The Balaban J connectivity index is 1.37. The van der Waals surface area contributed by atoms with Crippen molar-refractivity contribution in [3.05, 3.63) is 11.6 Å². The second kappa shape index (κ2) is 13.3. The number of alkyl halides is 3. The number of amides is 1. The van der Waals surface area contributed by atoms with Crippen molar-refractivity contribution in [2.45, 2.75) is 84.6 Å². The Labute approximate surface area is 255 Å². The van der Waals surface area contributed by atoms with Gasteiger partial charge in [0, 0.05) is 32.1 Å². The summed E-state index contributed by atoms with van der Waals surface area (Å²) in [6.45, 7) is 8.00. The van der Waals surface area contributed by atoms with Crippen molar-refractivity contribution in [1.82, 2.24) is 10.2 Å². The molecule has 4 rings (SSSR count). The summed E-state index contributed by atoms with van der Waals surface area (Å²) in [6.07, 6.45) is 4.80. The van der Waals surface area contributed by atoms with Gasteiger partial charge in [0.1, 0.15) is 0 Å². The standard InChI is InChI=1S/C32H54F3N4O4/c1-22(37-43-29(41)38(18-20-42-32(33,34)35)17-15-36-16-19-39(4,5)6)26-9-10-27-25-8-7-23-21-24(40)11-13-30(23,2)28(25)12-14-31(26,27)3/h21,24-28,36,40H,7-20H2,1-6H3/q+1/b37-22+/t24-,25-,26+,27-,28-,30-,31+/m0/s1. The monoisotopic (exact) mass is 615 g/mol. The fraction of sp³-hybridized carbons (Fsp3) is 0.875. The maximum absolute atomic E-state index is 13.0. The average molecular weight is 616 g/mol. The molecule has 0 aliphatic heterocycles. The highest BCUT2D eigenvalue weighted by atomic mass is 19.4. The molecule has 1 amide bonds. The molecule has 0 aromatic rings. The summed E-state index contributed by atoms with van der Waals surface area (Å²) in [5.41, 5.74) is 2.50. The minimum atomic E-state index is -4.76. The maximum atomic E-state index is 13.0. The van der Waals surface area contributed by atoms with Gasteiger partial charge in [-0.2, -0.15) is 0 Å². The van der Waals surface area contributed by atoms with Crippen molar-refractivity contribution in [3.63, 3.8) is 0 Å². The van der Waals surface area contributed by atoms with Gasteiger partial charge in [0.15, 0.2) is 0 Å². The molecule has 0 aromatic heterocycles. The lowest BCUT2D eigenvalue weighted by Crippen LogP contribution is -2.51. The number of nitrogens with zero attached hydrogens (tertiary/aromatic N) is 3. The van der Waals surface area contributed by atoms with E-state index in [4.69, 9.17) is 4.84 Å². The molecule has 0 radical (unpaired) electrons. The number of nitrogens with one attached hydrogen (secondary N) is 1. The van der Waals surface area contributed by atoms with E-state index in [9.17, 15) is 23.1 Å². The number of carbonyl (C=O) groups is 1. The Bertz CT molecular complexity index is 1040. The summed E-state index contributed by atoms with van der Waals surface area (Å²) < 4.78 is 42.5. The predicted octanol–water partition coefficient (Wildman–Crippen LogP) is 5.57. The first-order valence-electron chi connectivity index (χ1n) is 16.1. The smallest absolute Gasteiger partial charge is 0.389 e. The third-order valence-corrected chi connectivity index (χ3v) is 11.3. The molecular formula is C32H54F3N4O4+. The highest BCUT2D eigenvalue weighted by Gasteiger charge is 2.59. The van der Waals surface area contributed by atoms with Gasteiger partial charge in [-0.3, -0.25) is 9.57 Å². The van der Waals surface area contributed by atoms with Gasteiger partial charge in [-0.25, -0.2) is 4.79 Å². The van der Waals surface area contributed by atoms with E-state index in [0.717, 1.165) is 68.1 Å². The number of aliphatic hydroxyl groups excluding tert-OH is 1. The first-order chi connectivity index (χ1) is 20.0. The summed E-state index contributed by atoms with van der Waals surface area (Å²) in [5, 5.41) is 17.8. The molecule has 43 heavy (non-hydrogen) atoms. The highest BCUT2D eigenvalue weighted by Crippen LogP contribution is 2.66. The number of hydrogen-bond acceptors (Lipinski definition) is 6. The molecule has 4 aliphatic rings. The van der Waals surface area contributed by atoms with E-state index in [2.05, 4.69) is 56.3 Å². The summed E-state index contributed by atoms with van der Waals surface area (Å²) in [5.74, 6) is 2.06. The van der Waals surface area contributed by atoms with Crippen LogP contribution in [0, 0.1) is 34.5 Å². The molecule has 0 spiro atoms. The number of likely N-dealkylation sites (N-methyl/N-ethyl adjacent to an activating group) is 1. The lowest BCUT2D eigenvalue weighted by Gasteiger charge is -2.58. The maximum Gasteiger partial charge on any atom is 0.522 e. The number of oxime groups is 1. The van der Waals surface area contributed by atoms with Crippen LogP contribution in [0.25, 0.3) is 0 Å². The number of allylic oxidation sites excluding steroid dienone is 1. The quantitative estimate of drug-likeness (QED) is 0.0793. The lowest BCUT2D eigenvalue weighted by molar-refractivity contribution is -0.869. The fourth-order valence-corrected chi connectivity index (χ4v) is 8.95. The van der Waals surface area contributed by atoms with Gasteiger partial charge < -0.3 is 19.8 Å². The van der Waals surface area contributed by atoms with Gasteiger partial charge in [0.05, 0.1) is 46.1 Å². The summed E-state index contributed by atoms with van der Waals surface area (Å²) >= 11 is 0. The number of aliphatic hydroxyl groups is 1. The van der Waals surface area contributed by atoms with Crippen LogP contribution in [0.15, 0.2) is 16.8 Å². The van der Waals surface area contributed by atoms with E-state index in [1.165, 1.54) is 10.5 Å². The number of halogens is 3. The first-order valence-corrected chi connectivity index (χ1v) is 16.1. The third kappa shape index (κ3) is 8.13. The van der Waals surface area contributed by atoms with E-state index in [1.54, 1.807) is 0 Å². The van der Waals surface area contributed by atoms with Crippen LogP contribution in [0.2, 0.25) is 0 Å². The molecule has 0 bridgehead atoms. The van der Waals surface area contributed by atoms with Crippen LogP contribution in [0.3, 0.4) is 0 Å². The van der Waals surface area contributed by atoms with Crippen LogP contribution in [0.5, 0.6) is 0 Å². The normalized spacial score (nSPS) is 34.6. The number of ether oxygens (including phenoxy) is 1. The van der Waals surface area contributed by atoms with Crippen molar-refractivity contribution in [1.29, 1.82) is 0 Å². The molecule has 8 nitrogen and oxygen atoms in total. The predicted molar refractivity (Wildman–Crippen MR) is 160 cm³/mol. The summed E-state index contributed by atoms with van der Waals surface area (Å²) in [4.78, 5) is 19.6. The topological polar surface area (TPSA) is 83.4 Å². The van der Waals surface area contributed by atoms with Gasteiger partial charge >= 0.3 is 12.5 Å². The molecule has 3 fully saturated rings. The molecule has 7 atom stereocenters. The third-order valence-electron chi connectivity index (χ3n) is 11.3. The van der Waals surface area contributed by atoms with Crippen molar-refractivity contribution < 1.29 is 37.1 Å². The van der Waals surface area contributed by atoms with Gasteiger partial charge in [-0.1, -0.05) is 30.7 Å². The number of rotatable bonds is 11. The minimum absolute atomic E-state index is 0.0721. The minimum Gasteiger partial charge on any atom is -0.389 e. The fourth-order valence-electron chi connectivity index (χ4n) is 8.95. The molecule has 0 aromatic carbocycles. The SMILES string of the molecule is C/C(=N\OC(=O)N(CCNCC[N+](C)(C)C)CCOC(F)(F)F)[C@H]1CC[C@H]2[C@@H]3CCC4=C[C@@H](O)CC[C@]4(C)[C@H]3CC[C@]12C. The number of carbonyl (C=O) groups excluding carboxylic acids is 1. The zero-order valence-electron chi connectivity index (χ0n) is 27.0. The van der Waals surface area contributed by atoms with Crippen LogP contribution in [0.4, 0.5) is 18.0 Å². The second-order valence-electron chi connectivity index (χ2n) is 14.9. The highest BCUT2D eigenvalue weighted by molar-refractivity contribution is 5.85. The zero-order chi connectivity index (χ0) is 31.6. The summed E-state index contributed by atoms with van der Waals surface area (Å²) in [7, 11) is 6.22. The second-order valence-corrected chi connectivity index (χ2v) is 14.9. The molecule has 2 N–H and O–H groups in total. The molecule has 0 saturated heterocycles. The van der Waals surface area contributed by atoms with Gasteiger partial charge in [0.25, 0.3) is 0 Å². The molecule has 0 unspecified atom stereocenters. The van der Waals surface area contributed by atoms with Crippen LogP contribution in [0.1, 0.15) is 72.1 Å². The summed E-state index contributed by atoms with van der Waals surface area (Å²) in [6, 6.07) is 0. The molecule has 0 heterocycles. The number of quaternary nitrogens is 1. The van der Waals surface area contributed by atoms with Gasteiger partial charge in [-0.05, 0) is 86.9 Å². The van der Waals surface area contributed by atoms with Crippen LogP contribution in [-0.4, -0.2) is 99.2 Å². The van der Waals surface area contributed by atoms with E-state index < -0.39 is 19.1 Å². The Kier molecular flexibility index (Phi) is 10.6. The molecule has 3 saturated carbocycles. The van der Waals surface area contributed by atoms with Crippen molar-refractivity contribution >= 4 is 11.8 Å². The lowest BCUT2D eigenvalue weighted by atomic mass is 9.46. The largest absolute Gasteiger partial charge is 0.522 e. The molecule has 11 heteroatoms. The number of hydrogen-bond donors (Lipinski definition) is 2. The average Bonchev–Trinajstić information content (AvgIpc) is 3.27. The van der Waals surface area contributed by atoms with Crippen LogP contribution in [-0.2, 0) is 9.57 Å². The first kappa shape index (κ1) is 34.2. The van der Waals surface area contributed by atoms with E-state index in [1.807, 2.05) is 6.92 Å². The zero-order valence-corrected chi connectivity index (χ0v) is 27.0. The van der Waals surface area contributed by atoms with Crippen molar-refractivity contribution in [2.24, 2.45) is 39.7 Å². The Morgan fingerprint density at radius 1 is 1.09 bits per heavy atom. The number of fused-ring (bicyclic) bond motifs is 5. The molecular weight excluding hydrogens is 561 g/mol. The van der Waals surface area contributed by atoms with Crippen LogP contribution < -0.4 is 5.32 Å².